The van der Waals surface area contributed by atoms with Crippen molar-refractivity contribution >= 4 is 0 Å². The number of rotatable bonds is 7. The van der Waals surface area contributed by atoms with Gasteiger partial charge in [0.25, 0.3) is 0 Å². The molecule has 0 spiro atoms. The van der Waals surface area contributed by atoms with Crippen LogP contribution in [0.4, 0.5) is 0 Å². The van der Waals surface area contributed by atoms with Crippen LogP contribution in [0.5, 0.6) is 0 Å². The predicted molar refractivity (Wildman–Crippen MR) is 104 cm³/mol. The summed E-state index contributed by atoms with van der Waals surface area (Å²) in [5.74, 6) is 8.15. The van der Waals surface area contributed by atoms with Crippen molar-refractivity contribution in [3.8, 4) is 11.8 Å². The summed E-state index contributed by atoms with van der Waals surface area (Å²) in [6.45, 7) is 2.79. The zero-order chi connectivity index (χ0) is 17.5. The summed E-state index contributed by atoms with van der Waals surface area (Å²) in [6, 6.07) is 10.5. The van der Waals surface area contributed by atoms with E-state index in [1.165, 1.54) is 37.7 Å². The summed E-state index contributed by atoms with van der Waals surface area (Å²) in [5.41, 5.74) is 1.24. The molecule has 0 saturated heterocycles. The molecule has 2 nitrogen and oxygen atoms in total. The lowest BCUT2D eigenvalue weighted by Crippen LogP contribution is -2.49. The van der Waals surface area contributed by atoms with E-state index in [9.17, 15) is 5.11 Å². The van der Waals surface area contributed by atoms with Crippen LogP contribution in [0.3, 0.4) is 0 Å². The molecule has 2 heteroatoms. The van der Waals surface area contributed by atoms with Gasteiger partial charge in [-0.05, 0) is 49.5 Å². The third kappa shape index (κ3) is 5.87. The van der Waals surface area contributed by atoms with E-state index in [0.29, 0.717) is 6.54 Å². The van der Waals surface area contributed by atoms with E-state index < -0.39 is 0 Å². The maximum absolute atomic E-state index is 10.6. The molecule has 2 aliphatic rings. The molecule has 2 unspecified atom stereocenters. The molecule has 0 aromatic heterocycles. The number of β-amino-alcohol motifs (C(OH)–C–C–N with tert-alkyl or cyclic N) is 1. The Hall–Kier alpha value is -1.30. The minimum Gasteiger partial charge on any atom is -0.392 e. The van der Waals surface area contributed by atoms with Crippen LogP contribution in [0.15, 0.2) is 30.3 Å². The van der Waals surface area contributed by atoms with Gasteiger partial charge in [0, 0.05) is 13.0 Å². The molecule has 2 saturated carbocycles. The largest absolute Gasteiger partial charge is 0.392 e. The summed E-state index contributed by atoms with van der Waals surface area (Å²) in [7, 11) is 0. The van der Waals surface area contributed by atoms with Gasteiger partial charge in [-0.15, -0.1) is 5.92 Å². The highest BCUT2D eigenvalue weighted by atomic mass is 16.3. The number of nitrogens with one attached hydrogen (secondary N) is 1. The van der Waals surface area contributed by atoms with Gasteiger partial charge in [0.1, 0.15) is 0 Å². The molecule has 0 aliphatic heterocycles. The molecule has 0 heterocycles. The van der Waals surface area contributed by atoms with Gasteiger partial charge in [-0.3, -0.25) is 5.32 Å². The molecule has 2 N–H and O–H groups in total. The standard InChI is InChI=1S/C23H33NO/c1-19(17-21-9-4-2-5-10-21)22(25)18-24-23(14-6-3-7-15-23)16-8-11-20-12-13-20/h2,4-5,9-10,19-20,22,24-25H,3,6-7,11-15,17-18H2,1H3. The highest BCUT2D eigenvalue weighted by molar-refractivity contribution is 5.20. The second-order valence-electron chi connectivity index (χ2n) is 8.21. The molecule has 2 aliphatic carbocycles. The molecule has 0 amide bonds. The van der Waals surface area contributed by atoms with Gasteiger partial charge in [-0.25, -0.2) is 0 Å². The number of hydrogen-bond acceptors (Lipinski definition) is 2. The minimum atomic E-state index is -0.329. The molecule has 1 aromatic carbocycles. The van der Waals surface area contributed by atoms with Crippen LogP contribution in [-0.2, 0) is 6.42 Å². The van der Waals surface area contributed by atoms with Gasteiger partial charge in [-0.2, -0.15) is 0 Å². The van der Waals surface area contributed by atoms with E-state index in [0.717, 1.165) is 31.6 Å². The summed E-state index contributed by atoms with van der Waals surface area (Å²) in [5, 5.41) is 14.3. The molecular weight excluding hydrogens is 306 g/mol. The fourth-order valence-corrected chi connectivity index (χ4v) is 3.81. The Kier molecular flexibility index (Phi) is 6.57. The number of aliphatic hydroxyl groups excluding tert-OH is 1. The van der Waals surface area contributed by atoms with E-state index in [-0.39, 0.29) is 17.6 Å². The second kappa shape index (κ2) is 8.88. The Morgan fingerprint density at radius 2 is 1.88 bits per heavy atom. The summed E-state index contributed by atoms with van der Waals surface area (Å²) in [6.07, 6.45) is 10.5. The molecule has 25 heavy (non-hydrogen) atoms. The topological polar surface area (TPSA) is 32.3 Å². The lowest BCUT2D eigenvalue weighted by atomic mass is 9.81. The Labute approximate surface area is 153 Å². The van der Waals surface area contributed by atoms with Crippen molar-refractivity contribution in [2.45, 2.75) is 76.4 Å². The Balaban J connectivity index is 1.52. The van der Waals surface area contributed by atoms with E-state index in [1.807, 2.05) is 6.07 Å². The Bertz CT molecular complexity index is 575. The normalized spacial score (nSPS) is 21.8. The molecule has 2 atom stereocenters. The molecule has 0 bridgehead atoms. The van der Waals surface area contributed by atoms with Crippen LogP contribution in [0.1, 0.15) is 63.9 Å². The lowest BCUT2D eigenvalue weighted by molar-refractivity contribution is 0.103. The maximum atomic E-state index is 10.6. The smallest absolute Gasteiger partial charge is 0.0801 e. The third-order valence-corrected chi connectivity index (χ3v) is 5.83. The number of aliphatic hydroxyl groups is 1. The molecule has 136 valence electrons. The first kappa shape index (κ1) is 18.5. The van der Waals surface area contributed by atoms with Gasteiger partial charge in [0.05, 0.1) is 11.6 Å². The first-order valence-corrected chi connectivity index (χ1v) is 10.1. The van der Waals surface area contributed by atoms with Crippen molar-refractivity contribution in [3.05, 3.63) is 35.9 Å². The quantitative estimate of drug-likeness (QED) is 0.725. The molecule has 3 rings (SSSR count). The fourth-order valence-electron chi connectivity index (χ4n) is 3.81. The van der Waals surface area contributed by atoms with Crippen LogP contribution in [0.2, 0.25) is 0 Å². The zero-order valence-corrected chi connectivity index (χ0v) is 15.6. The van der Waals surface area contributed by atoms with Gasteiger partial charge in [0.2, 0.25) is 0 Å². The molecular formula is C23H33NO. The Morgan fingerprint density at radius 1 is 1.16 bits per heavy atom. The van der Waals surface area contributed by atoms with Crippen molar-refractivity contribution in [2.24, 2.45) is 11.8 Å². The second-order valence-corrected chi connectivity index (χ2v) is 8.21. The fraction of sp³-hybridized carbons (Fsp3) is 0.652. The van der Waals surface area contributed by atoms with E-state index in [2.05, 4.69) is 48.3 Å². The van der Waals surface area contributed by atoms with Gasteiger partial charge >= 0.3 is 0 Å². The predicted octanol–water partition coefficient (Wildman–Crippen LogP) is 4.32. The van der Waals surface area contributed by atoms with Gasteiger partial charge in [0.15, 0.2) is 0 Å². The maximum Gasteiger partial charge on any atom is 0.0801 e. The SMILES string of the molecule is CC(Cc1ccccc1)C(O)CNC1(C#CCC2CC2)CCCCC1. The average Bonchev–Trinajstić information content (AvgIpc) is 3.46. The van der Waals surface area contributed by atoms with E-state index >= 15 is 0 Å². The van der Waals surface area contributed by atoms with E-state index in [4.69, 9.17) is 0 Å². The molecule has 0 radical (unpaired) electrons. The van der Waals surface area contributed by atoms with Crippen LogP contribution in [-0.4, -0.2) is 23.3 Å². The van der Waals surface area contributed by atoms with Crippen molar-refractivity contribution < 1.29 is 5.11 Å². The lowest BCUT2D eigenvalue weighted by Gasteiger charge is -2.35. The summed E-state index contributed by atoms with van der Waals surface area (Å²) < 4.78 is 0. The van der Waals surface area contributed by atoms with Gasteiger partial charge in [-0.1, -0.05) is 62.4 Å². The highest BCUT2D eigenvalue weighted by Gasteiger charge is 2.31. The van der Waals surface area contributed by atoms with Gasteiger partial charge < -0.3 is 5.11 Å². The van der Waals surface area contributed by atoms with Crippen LogP contribution in [0, 0.1) is 23.7 Å². The molecule has 1 aromatic rings. The van der Waals surface area contributed by atoms with Crippen LogP contribution >= 0.6 is 0 Å². The minimum absolute atomic E-state index is 0.0550. The van der Waals surface area contributed by atoms with E-state index in [1.54, 1.807) is 0 Å². The highest BCUT2D eigenvalue weighted by Crippen LogP contribution is 2.32. The first-order valence-electron chi connectivity index (χ1n) is 10.1. The molecule has 2 fully saturated rings. The van der Waals surface area contributed by atoms with Crippen molar-refractivity contribution in [1.29, 1.82) is 0 Å². The third-order valence-electron chi connectivity index (χ3n) is 5.83. The van der Waals surface area contributed by atoms with Crippen molar-refractivity contribution in [1.82, 2.24) is 5.32 Å². The summed E-state index contributed by atoms with van der Waals surface area (Å²) >= 11 is 0. The van der Waals surface area contributed by atoms with Crippen LogP contribution < -0.4 is 5.32 Å². The summed E-state index contributed by atoms with van der Waals surface area (Å²) in [4.78, 5) is 0. The zero-order valence-electron chi connectivity index (χ0n) is 15.6. The average molecular weight is 340 g/mol. The number of hydrogen-bond donors (Lipinski definition) is 2. The first-order chi connectivity index (χ1) is 12.2. The monoisotopic (exact) mass is 339 g/mol. The van der Waals surface area contributed by atoms with Crippen molar-refractivity contribution in [3.63, 3.8) is 0 Å². The number of benzene rings is 1. The van der Waals surface area contributed by atoms with Crippen molar-refractivity contribution in [2.75, 3.05) is 6.54 Å². The van der Waals surface area contributed by atoms with Crippen LogP contribution in [0.25, 0.3) is 0 Å². The Morgan fingerprint density at radius 3 is 2.56 bits per heavy atom.